The Kier molecular flexibility index (Phi) is 9.50. The Morgan fingerprint density at radius 1 is 0.359 bits per heavy atom. The Morgan fingerprint density at radius 2 is 0.875 bits per heavy atom. The fourth-order valence-corrected chi connectivity index (χ4v) is 10.7. The van der Waals surface area contributed by atoms with Gasteiger partial charge in [0, 0.05) is 70.6 Å². The number of hydrogen-bond donors (Lipinski definition) is 0. The number of nitrogens with zero attached hydrogens (tertiary/aromatic N) is 3. The second-order valence-corrected chi connectivity index (χ2v) is 17.6. The van der Waals surface area contributed by atoms with Gasteiger partial charge in [-0.15, -0.1) is 11.3 Å². The van der Waals surface area contributed by atoms with Crippen LogP contribution in [0.15, 0.2) is 243 Å². The molecule has 0 fully saturated rings. The van der Waals surface area contributed by atoms with Crippen molar-refractivity contribution < 1.29 is 0 Å². The van der Waals surface area contributed by atoms with Gasteiger partial charge in [-0.1, -0.05) is 146 Å². The molecule has 304 valence electrons. The van der Waals surface area contributed by atoms with Crippen LogP contribution in [0.1, 0.15) is 12.5 Å². The van der Waals surface area contributed by atoms with E-state index in [9.17, 15) is 0 Å². The van der Waals surface area contributed by atoms with Crippen molar-refractivity contribution in [3.8, 4) is 22.3 Å². The van der Waals surface area contributed by atoms with E-state index in [0.29, 0.717) is 0 Å². The highest BCUT2D eigenvalue weighted by Crippen LogP contribution is 2.45. The number of rotatable bonds is 9. The van der Waals surface area contributed by atoms with Crippen LogP contribution >= 0.6 is 11.3 Å². The fourth-order valence-electron chi connectivity index (χ4n) is 9.63. The van der Waals surface area contributed by atoms with Gasteiger partial charge in [-0.2, -0.15) is 0 Å². The molecule has 11 aromatic rings. The second-order valence-electron chi connectivity index (χ2n) is 16.5. The number of aromatic nitrogens is 1. The Balaban J connectivity index is 0.994. The largest absolute Gasteiger partial charge is 0.333 e. The molecule has 1 aliphatic rings. The number of benzene rings is 9. The minimum atomic E-state index is 0.280. The number of hydrogen-bond acceptors (Lipinski definition) is 3. The average molecular weight is 838 g/mol. The van der Waals surface area contributed by atoms with Gasteiger partial charge in [-0.05, 0) is 126 Å². The van der Waals surface area contributed by atoms with Crippen LogP contribution in [0.5, 0.6) is 0 Å². The first-order valence-electron chi connectivity index (χ1n) is 22.0. The predicted molar refractivity (Wildman–Crippen MR) is 275 cm³/mol. The Morgan fingerprint density at radius 3 is 1.59 bits per heavy atom. The first-order valence-corrected chi connectivity index (χ1v) is 22.8. The van der Waals surface area contributed by atoms with Crippen LogP contribution in [0.25, 0.3) is 64.2 Å². The summed E-state index contributed by atoms with van der Waals surface area (Å²) in [5.74, 6) is 0. The van der Waals surface area contributed by atoms with Crippen LogP contribution in [0.2, 0.25) is 0 Å². The van der Waals surface area contributed by atoms with Crippen LogP contribution in [-0.2, 0) is 0 Å². The quantitative estimate of drug-likeness (QED) is 0.143. The Hall–Kier alpha value is -7.92. The molecule has 0 amide bonds. The minimum Gasteiger partial charge on any atom is -0.333 e. The Labute approximate surface area is 377 Å². The van der Waals surface area contributed by atoms with E-state index in [2.05, 4.69) is 257 Å². The molecule has 0 spiro atoms. The molecule has 2 aromatic heterocycles. The van der Waals surface area contributed by atoms with Gasteiger partial charge >= 0.3 is 0 Å². The van der Waals surface area contributed by atoms with E-state index in [0.717, 1.165) is 40.5 Å². The van der Waals surface area contributed by atoms with Crippen molar-refractivity contribution in [2.75, 3.05) is 9.80 Å². The summed E-state index contributed by atoms with van der Waals surface area (Å²) in [5, 5.41) is 5.13. The normalized spacial score (nSPS) is 13.6. The van der Waals surface area contributed by atoms with Crippen molar-refractivity contribution in [3.63, 3.8) is 0 Å². The third-order valence-electron chi connectivity index (χ3n) is 12.7. The maximum atomic E-state index is 2.54. The van der Waals surface area contributed by atoms with Crippen LogP contribution < -0.4 is 9.80 Å². The van der Waals surface area contributed by atoms with E-state index in [1.54, 1.807) is 0 Å². The fraction of sp³-hybridized carbons (Fsp3) is 0.0333. The number of fused-ring (bicyclic) bond motifs is 6. The van der Waals surface area contributed by atoms with Crippen molar-refractivity contribution in [2.45, 2.75) is 12.5 Å². The van der Waals surface area contributed by atoms with Gasteiger partial charge in [-0.3, -0.25) is 0 Å². The maximum Gasteiger partial charge on any atom is 0.0560 e. The van der Waals surface area contributed by atoms with Gasteiger partial charge in [0.05, 0.1) is 11.6 Å². The van der Waals surface area contributed by atoms with E-state index in [1.807, 2.05) is 11.3 Å². The zero-order chi connectivity index (χ0) is 42.4. The van der Waals surface area contributed by atoms with Crippen LogP contribution in [-0.4, -0.2) is 4.57 Å². The molecule has 0 N–H and O–H groups in total. The van der Waals surface area contributed by atoms with E-state index in [4.69, 9.17) is 0 Å². The van der Waals surface area contributed by atoms with Crippen LogP contribution in [0.4, 0.5) is 34.1 Å². The number of anilines is 6. The SMILES string of the molecule is C1=CCC(n2c3ccccc3c3ccc(-c4ccc5sc6ccc(N(c7ccc(-c8ccccc8)cc7)c7cccc(N(c8ccccc8)c8ccccc8)c7)cc6c5c4)cc32)C=C1. The number of allylic oxidation sites excluding steroid dienone is 4. The summed E-state index contributed by atoms with van der Waals surface area (Å²) < 4.78 is 5.09. The van der Waals surface area contributed by atoms with E-state index in [1.165, 1.54) is 64.2 Å². The molecule has 1 atom stereocenters. The number of thiophene rings is 1. The van der Waals surface area contributed by atoms with Gasteiger partial charge in [0.2, 0.25) is 0 Å². The smallest absolute Gasteiger partial charge is 0.0560 e. The molecule has 4 heteroatoms. The van der Waals surface area contributed by atoms with E-state index >= 15 is 0 Å². The summed E-state index contributed by atoms with van der Waals surface area (Å²) >= 11 is 1.86. The second kappa shape index (κ2) is 16.1. The van der Waals surface area contributed by atoms with Gasteiger partial charge in [0.15, 0.2) is 0 Å². The zero-order valence-corrected chi connectivity index (χ0v) is 35.9. The summed E-state index contributed by atoms with van der Waals surface area (Å²) in [4.78, 5) is 4.73. The summed E-state index contributed by atoms with van der Waals surface area (Å²) in [5.41, 5.74) is 14.0. The molecule has 3 nitrogen and oxygen atoms in total. The highest BCUT2D eigenvalue weighted by molar-refractivity contribution is 7.25. The molecule has 2 heterocycles. The lowest BCUT2D eigenvalue weighted by atomic mass is 10.0. The van der Waals surface area contributed by atoms with Crippen molar-refractivity contribution in [1.82, 2.24) is 4.57 Å². The summed E-state index contributed by atoms with van der Waals surface area (Å²) in [6.07, 6.45) is 9.94. The number of para-hydroxylation sites is 3. The molecule has 1 aliphatic carbocycles. The maximum absolute atomic E-state index is 2.54. The topological polar surface area (TPSA) is 11.4 Å². The first-order chi connectivity index (χ1) is 31.7. The molecule has 0 radical (unpaired) electrons. The van der Waals surface area contributed by atoms with Gasteiger partial charge in [-0.25, -0.2) is 0 Å². The van der Waals surface area contributed by atoms with Crippen molar-refractivity contribution in [2.24, 2.45) is 0 Å². The molecule has 0 aliphatic heterocycles. The lowest BCUT2D eigenvalue weighted by Crippen LogP contribution is -2.13. The molecule has 1 unspecified atom stereocenters. The van der Waals surface area contributed by atoms with Crippen LogP contribution in [0.3, 0.4) is 0 Å². The third-order valence-corrected chi connectivity index (χ3v) is 13.8. The van der Waals surface area contributed by atoms with E-state index in [-0.39, 0.29) is 6.04 Å². The van der Waals surface area contributed by atoms with Crippen LogP contribution in [0, 0.1) is 0 Å². The molecule has 0 saturated heterocycles. The first kappa shape index (κ1) is 37.8. The Bertz CT molecular complexity index is 3490. The molecule has 0 bridgehead atoms. The predicted octanol–water partition coefficient (Wildman–Crippen LogP) is 17.5. The van der Waals surface area contributed by atoms with Gasteiger partial charge in [0.25, 0.3) is 0 Å². The van der Waals surface area contributed by atoms with Crippen molar-refractivity contribution in [3.05, 3.63) is 243 Å². The summed E-state index contributed by atoms with van der Waals surface area (Å²) in [6.45, 7) is 0. The van der Waals surface area contributed by atoms with Crippen molar-refractivity contribution >= 4 is 87.4 Å². The molecule has 12 rings (SSSR count). The summed E-state index contributed by atoms with van der Waals surface area (Å²) in [7, 11) is 0. The summed E-state index contributed by atoms with van der Waals surface area (Å²) in [6, 6.07) is 79.9. The molecule has 64 heavy (non-hydrogen) atoms. The average Bonchev–Trinajstić information content (AvgIpc) is 3.90. The lowest BCUT2D eigenvalue weighted by Gasteiger charge is -2.29. The van der Waals surface area contributed by atoms with Crippen molar-refractivity contribution in [1.29, 1.82) is 0 Å². The highest BCUT2D eigenvalue weighted by atomic mass is 32.1. The molecule has 9 aromatic carbocycles. The third kappa shape index (κ3) is 6.76. The zero-order valence-electron chi connectivity index (χ0n) is 35.1. The highest BCUT2D eigenvalue weighted by Gasteiger charge is 2.20. The monoisotopic (exact) mass is 837 g/mol. The molecule has 0 saturated carbocycles. The van der Waals surface area contributed by atoms with E-state index < -0.39 is 0 Å². The van der Waals surface area contributed by atoms with Gasteiger partial charge < -0.3 is 14.4 Å². The molecular formula is C60H43N3S. The van der Waals surface area contributed by atoms with Gasteiger partial charge in [0.1, 0.15) is 0 Å². The standard InChI is InChI=1S/C60H43N3S/c1-5-16-42(17-6-1)43-28-32-49(33-29-43)62(51-25-15-24-50(40-51)61(46-18-7-2-8-19-46)47-20-9-3-10-21-47)52-34-37-60-56(41-52)55-38-44(31-36-59(55)64-60)45-30-35-54-53-26-13-14-27-57(53)63(58(54)39-45)48-22-11-4-12-23-48/h1-22,24-41,48H,23H2. The minimum absolute atomic E-state index is 0.280. The molecular weight excluding hydrogens is 795 g/mol. The lowest BCUT2D eigenvalue weighted by molar-refractivity contribution is 0.648.